The molecule has 16 heavy (non-hydrogen) atoms. The third kappa shape index (κ3) is 2.96. The van der Waals surface area contributed by atoms with E-state index < -0.39 is 0 Å². The van der Waals surface area contributed by atoms with Crippen molar-refractivity contribution in [3.05, 3.63) is 60.2 Å². The fourth-order valence-electron chi connectivity index (χ4n) is 1.44. The van der Waals surface area contributed by atoms with Gasteiger partial charge in [-0.1, -0.05) is 0 Å². The predicted octanol–water partition coefficient (Wildman–Crippen LogP) is 1.39. The van der Waals surface area contributed by atoms with Crippen LogP contribution in [0.2, 0.25) is 0 Å². The second kappa shape index (κ2) is 5.31. The third-order valence-electron chi connectivity index (χ3n) is 2.34. The molecule has 82 valence electrons. The first-order valence-electron chi connectivity index (χ1n) is 5.26. The molecule has 0 heterocycles. The monoisotopic (exact) mass is 278 g/mol. The van der Waals surface area contributed by atoms with Crippen LogP contribution in [-0.4, -0.2) is 20.1 Å². The number of aliphatic hydroxyl groups excluding tert-OH is 1. The maximum absolute atomic E-state index is 9.41. The minimum atomic E-state index is -0.377. The van der Waals surface area contributed by atoms with Gasteiger partial charge in [-0.3, -0.25) is 0 Å². The Hall–Kier alpha value is -1.08. The zero-order chi connectivity index (χ0) is 11.4. The van der Waals surface area contributed by atoms with Crippen LogP contribution in [0.15, 0.2) is 54.6 Å². The molecule has 0 saturated carbocycles. The summed E-state index contributed by atoms with van der Waals surface area (Å²) in [6.07, 6.45) is -0.377. The molecule has 2 rings (SSSR count). The van der Waals surface area contributed by atoms with Gasteiger partial charge in [-0.2, -0.15) is 0 Å². The molecule has 1 unspecified atom stereocenters. The molecular weight excluding hydrogens is 263 g/mol. The summed E-state index contributed by atoms with van der Waals surface area (Å²) in [7, 11) is 0. The quantitative estimate of drug-likeness (QED) is 0.841. The SMILES string of the molecule is CC(O)c1ccc([Se]c2ccccc2)cc1. The zero-order valence-electron chi connectivity index (χ0n) is 9.13. The number of rotatable bonds is 3. The molecule has 0 aliphatic heterocycles. The van der Waals surface area contributed by atoms with Crippen molar-refractivity contribution in [3.8, 4) is 0 Å². The van der Waals surface area contributed by atoms with Crippen LogP contribution in [0.1, 0.15) is 18.6 Å². The molecule has 2 heteroatoms. The minimum absolute atomic E-state index is 0.360. The van der Waals surface area contributed by atoms with Crippen LogP contribution in [-0.2, 0) is 0 Å². The van der Waals surface area contributed by atoms with Crippen LogP contribution in [0, 0.1) is 0 Å². The maximum atomic E-state index is 9.41. The van der Waals surface area contributed by atoms with Gasteiger partial charge in [0.15, 0.2) is 0 Å². The molecule has 1 atom stereocenters. The van der Waals surface area contributed by atoms with Crippen LogP contribution in [0.3, 0.4) is 0 Å². The Morgan fingerprint density at radius 2 is 1.44 bits per heavy atom. The first-order chi connectivity index (χ1) is 7.75. The van der Waals surface area contributed by atoms with E-state index in [1.54, 1.807) is 6.92 Å². The second-order valence-corrected chi connectivity index (χ2v) is 6.07. The van der Waals surface area contributed by atoms with E-state index in [0.29, 0.717) is 15.0 Å². The molecule has 2 aromatic carbocycles. The summed E-state index contributed by atoms with van der Waals surface area (Å²) in [5.41, 5.74) is 0.979. The molecule has 1 nitrogen and oxygen atoms in total. The number of aliphatic hydroxyl groups is 1. The molecule has 0 aliphatic carbocycles. The van der Waals surface area contributed by atoms with E-state index in [2.05, 4.69) is 36.4 Å². The normalized spacial score (nSPS) is 12.4. The first kappa shape index (κ1) is 11.4. The molecule has 0 aliphatic rings. The van der Waals surface area contributed by atoms with Gasteiger partial charge in [-0.05, 0) is 0 Å². The van der Waals surface area contributed by atoms with Crippen molar-refractivity contribution in [1.29, 1.82) is 0 Å². The standard InChI is InChI=1S/C14H14OSe/c1-11(15)12-7-9-14(10-8-12)16-13-5-3-2-4-6-13/h2-11,15H,1H3. The van der Waals surface area contributed by atoms with Crippen LogP contribution in [0.5, 0.6) is 0 Å². The van der Waals surface area contributed by atoms with Gasteiger partial charge in [0, 0.05) is 0 Å². The molecular formula is C14H14OSe. The fraction of sp³-hybridized carbons (Fsp3) is 0.143. The van der Waals surface area contributed by atoms with E-state index in [4.69, 9.17) is 0 Å². The van der Waals surface area contributed by atoms with Crippen molar-refractivity contribution in [2.75, 3.05) is 0 Å². The van der Waals surface area contributed by atoms with Crippen molar-refractivity contribution in [1.82, 2.24) is 0 Å². The average Bonchev–Trinajstić information content (AvgIpc) is 2.31. The van der Waals surface area contributed by atoms with Crippen LogP contribution in [0.4, 0.5) is 0 Å². The molecule has 0 aromatic heterocycles. The van der Waals surface area contributed by atoms with Gasteiger partial charge < -0.3 is 0 Å². The van der Waals surface area contributed by atoms with E-state index in [1.165, 1.54) is 8.92 Å². The molecule has 0 bridgehead atoms. The summed E-state index contributed by atoms with van der Waals surface area (Å²) in [5, 5.41) is 9.41. The van der Waals surface area contributed by atoms with Gasteiger partial charge in [-0.25, -0.2) is 0 Å². The molecule has 2 aromatic rings. The molecule has 0 fully saturated rings. The van der Waals surface area contributed by atoms with Gasteiger partial charge in [-0.15, -0.1) is 0 Å². The molecule has 1 N–H and O–H groups in total. The van der Waals surface area contributed by atoms with Gasteiger partial charge in [0.2, 0.25) is 0 Å². The van der Waals surface area contributed by atoms with E-state index in [1.807, 2.05) is 18.2 Å². The summed E-state index contributed by atoms with van der Waals surface area (Å²) in [6.45, 7) is 1.79. The van der Waals surface area contributed by atoms with Gasteiger partial charge in [0.1, 0.15) is 0 Å². The summed E-state index contributed by atoms with van der Waals surface area (Å²) in [4.78, 5) is 0. The summed E-state index contributed by atoms with van der Waals surface area (Å²) < 4.78 is 2.71. The topological polar surface area (TPSA) is 20.2 Å². The van der Waals surface area contributed by atoms with Crippen molar-refractivity contribution >= 4 is 23.9 Å². The summed E-state index contributed by atoms with van der Waals surface area (Å²) in [6, 6.07) is 18.7. The Labute approximate surface area is 102 Å². The Balaban J connectivity index is 2.11. The third-order valence-corrected chi connectivity index (χ3v) is 4.47. The Morgan fingerprint density at radius 3 is 2.00 bits per heavy atom. The van der Waals surface area contributed by atoms with Crippen molar-refractivity contribution in [2.45, 2.75) is 13.0 Å². The molecule has 0 spiro atoms. The summed E-state index contributed by atoms with van der Waals surface area (Å²) >= 11 is 0.360. The number of benzene rings is 2. The van der Waals surface area contributed by atoms with E-state index in [0.717, 1.165) is 5.56 Å². The van der Waals surface area contributed by atoms with Crippen LogP contribution >= 0.6 is 0 Å². The van der Waals surface area contributed by atoms with Gasteiger partial charge in [0.05, 0.1) is 0 Å². The second-order valence-electron chi connectivity index (χ2n) is 3.66. The van der Waals surface area contributed by atoms with Crippen LogP contribution in [0.25, 0.3) is 0 Å². The number of hydrogen-bond donors (Lipinski definition) is 1. The zero-order valence-corrected chi connectivity index (χ0v) is 10.8. The predicted molar refractivity (Wildman–Crippen MR) is 68.5 cm³/mol. The van der Waals surface area contributed by atoms with E-state index in [9.17, 15) is 5.11 Å². The van der Waals surface area contributed by atoms with E-state index in [-0.39, 0.29) is 6.10 Å². The fourth-order valence-corrected chi connectivity index (χ4v) is 3.20. The molecule has 0 amide bonds. The van der Waals surface area contributed by atoms with E-state index >= 15 is 0 Å². The van der Waals surface area contributed by atoms with Crippen molar-refractivity contribution in [3.63, 3.8) is 0 Å². The van der Waals surface area contributed by atoms with Crippen molar-refractivity contribution in [2.24, 2.45) is 0 Å². The average molecular weight is 277 g/mol. The van der Waals surface area contributed by atoms with Crippen molar-refractivity contribution < 1.29 is 5.11 Å². The van der Waals surface area contributed by atoms with Gasteiger partial charge >= 0.3 is 102 Å². The Morgan fingerprint density at radius 1 is 0.875 bits per heavy atom. The molecule has 0 saturated heterocycles. The Bertz CT molecular complexity index is 434. The summed E-state index contributed by atoms with van der Waals surface area (Å²) in [5.74, 6) is 0. The van der Waals surface area contributed by atoms with Gasteiger partial charge in [0.25, 0.3) is 0 Å². The first-order valence-corrected chi connectivity index (χ1v) is 6.98. The Kier molecular flexibility index (Phi) is 3.78. The number of hydrogen-bond acceptors (Lipinski definition) is 1. The molecule has 0 radical (unpaired) electrons. The van der Waals surface area contributed by atoms with Crippen LogP contribution < -0.4 is 8.92 Å².